The first-order valence-electron chi connectivity index (χ1n) is 10.5. The van der Waals surface area contributed by atoms with Crippen LogP contribution in [0.2, 0.25) is 0 Å². The van der Waals surface area contributed by atoms with Crippen LogP contribution in [0.15, 0.2) is 73.2 Å². The molecular weight excluding hydrogens is 386 g/mol. The Bertz CT molecular complexity index is 1130. The lowest BCUT2D eigenvalue weighted by atomic mass is 10.1. The van der Waals surface area contributed by atoms with E-state index in [-0.39, 0.29) is 5.91 Å². The van der Waals surface area contributed by atoms with Gasteiger partial charge in [0.05, 0.1) is 12.1 Å². The molecule has 0 unspecified atom stereocenters. The minimum atomic E-state index is -0.105. The monoisotopic (exact) mass is 413 g/mol. The SMILES string of the molecule is Cc1ccc(Cn2cc(C(=O)NCCCn3cccn3)c(-c3ccc(C)cc3)n2)cc1. The Labute approximate surface area is 182 Å². The van der Waals surface area contributed by atoms with E-state index in [1.807, 2.05) is 59.0 Å². The lowest BCUT2D eigenvalue weighted by Gasteiger charge is -2.06. The fraction of sp³-hybridized carbons (Fsp3) is 0.240. The maximum absolute atomic E-state index is 13.0. The number of rotatable bonds is 8. The van der Waals surface area contributed by atoms with Crippen LogP contribution in [0.4, 0.5) is 0 Å². The van der Waals surface area contributed by atoms with Crippen molar-refractivity contribution in [2.24, 2.45) is 0 Å². The lowest BCUT2D eigenvalue weighted by molar-refractivity contribution is 0.0953. The minimum absolute atomic E-state index is 0.105. The Balaban J connectivity index is 1.51. The third kappa shape index (κ3) is 5.28. The molecular formula is C25H27N5O. The van der Waals surface area contributed by atoms with Gasteiger partial charge in [-0.3, -0.25) is 14.2 Å². The number of carbonyl (C=O) groups excluding carboxylic acids is 1. The second-order valence-corrected chi connectivity index (χ2v) is 7.82. The standard InChI is InChI=1S/C25H27N5O/c1-19-5-9-21(10-6-19)17-30-18-23(24(28-30)22-11-7-20(2)8-12-22)25(31)26-13-3-15-29-16-4-14-27-29/h4-12,14,16,18H,3,13,15,17H2,1-2H3,(H,26,31). The summed E-state index contributed by atoms with van der Waals surface area (Å²) in [7, 11) is 0. The summed E-state index contributed by atoms with van der Waals surface area (Å²) in [4.78, 5) is 13.0. The summed E-state index contributed by atoms with van der Waals surface area (Å²) in [5, 5.41) is 12.0. The summed E-state index contributed by atoms with van der Waals surface area (Å²) < 4.78 is 3.71. The lowest BCUT2D eigenvalue weighted by Crippen LogP contribution is -2.25. The van der Waals surface area contributed by atoms with E-state index in [2.05, 4.69) is 41.6 Å². The van der Waals surface area contributed by atoms with Crippen LogP contribution in [0, 0.1) is 13.8 Å². The first-order valence-corrected chi connectivity index (χ1v) is 10.5. The van der Waals surface area contributed by atoms with Crippen molar-refractivity contribution in [1.82, 2.24) is 24.9 Å². The van der Waals surface area contributed by atoms with E-state index in [9.17, 15) is 4.79 Å². The van der Waals surface area contributed by atoms with Crippen LogP contribution >= 0.6 is 0 Å². The fourth-order valence-corrected chi connectivity index (χ4v) is 3.44. The molecule has 1 N–H and O–H groups in total. The number of benzene rings is 2. The van der Waals surface area contributed by atoms with Crippen LogP contribution in [0.25, 0.3) is 11.3 Å². The summed E-state index contributed by atoms with van der Waals surface area (Å²) in [6.07, 6.45) is 6.34. The van der Waals surface area contributed by atoms with Crippen molar-refractivity contribution in [3.63, 3.8) is 0 Å². The first-order chi connectivity index (χ1) is 15.1. The van der Waals surface area contributed by atoms with E-state index in [1.54, 1.807) is 6.20 Å². The van der Waals surface area contributed by atoms with Crippen LogP contribution < -0.4 is 5.32 Å². The number of nitrogens with one attached hydrogen (secondary N) is 1. The highest BCUT2D eigenvalue weighted by molar-refractivity contribution is 5.99. The van der Waals surface area contributed by atoms with Gasteiger partial charge in [-0.05, 0) is 31.9 Å². The normalized spacial score (nSPS) is 10.9. The van der Waals surface area contributed by atoms with Gasteiger partial charge < -0.3 is 5.32 Å². The highest BCUT2D eigenvalue weighted by atomic mass is 16.1. The fourth-order valence-electron chi connectivity index (χ4n) is 3.44. The number of hydrogen-bond donors (Lipinski definition) is 1. The smallest absolute Gasteiger partial charge is 0.255 e. The molecule has 6 nitrogen and oxygen atoms in total. The molecule has 2 aromatic heterocycles. The summed E-state index contributed by atoms with van der Waals surface area (Å²) in [5.74, 6) is -0.105. The maximum atomic E-state index is 13.0. The zero-order valence-corrected chi connectivity index (χ0v) is 18.0. The molecule has 31 heavy (non-hydrogen) atoms. The number of amides is 1. The molecule has 4 aromatic rings. The van der Waals surface area contributed by atoms with Gasteiger partial charge in [0.2, 0.25) is 0 Å². The van der Waals surface area contributed by atoms with Crippen molar-refractivity contribution >= 4 is 5.91 Å². The summed E-state index contributed by atoms with van der Waals surface area (Å²) in [6, 6.07) is 18.4. The molecule has 1 amide bonds. The number of hydrogen-bond acceptors (Lipinski definition) is 3. The molecule has 2 aromatic carbocycles. The Morgan fingerprint density at radius 3 is 2.35 bits per heavy atom. The van der Waals surface area contributed by atoms with E-state index in [0.717, 1.165) is 24.1 Å². The van der Waals surface area contributed by atoms with Gasteiger partial charge in [-0.15, -0.1) is 0 Å². The zero-order valence-electron chi connectivity index (χ0n) is 18.0. The quantitative estimate of drug-likeness (QED) is 0.440. The molecule has 0 aliphatic carbocycles. The van der Waals surface area contributed by atoms with Crippen molar-refractivity contribution in [1.29, 1.82) is 0 Å². The number of aryl methyl sites for hydroxylation is 3. The second kappa shape index (κ2) is 9.43. The Hall–Kier alpha value is -3.67. The van der Waals surface area contributed by atoms with Gasteiger partial charge in [0.15, 0.2) is 0 Å². The van der Waals surface area contributed by atoms with Gasteiger partial charge in [0, 0.05) is 37.2 Å². The highest BCUT2D eigenvalue weighted by Gasteiger charge is 2.18. The zero-order chi connectivity index (χ0) is 21.6. The van der Waals surface area contributed by atoms with E-state index in [1.165, 1.54) is 11.1 Å². The molecule has 6 heteroatoms. The van der Waals surface area contributed by atoms with Crippen molar-refractivity contribution in [2.75, 3.05) is 6.54 Å². The van der Waals surface area contributed by atoms with Gasteiger partial charge >= 0.3 is 0 Å². The van der Waals surface area contributed by atoms with Gasteiger partial charge in [-0.1, -0.05) is 59.7 Å². The molecule has 158 valence electrons. The van der Waals surface area contributed by atoms with Crippen LogP contribution in [-0.4, -0.2) is 32.0 Å². The van der Waals surface area contributed by atoms with Gasteiger partial charge in [-0.25, -0.2) is 0 Å². The van der Waals surface area contributed by atoms with E-state index < -0.39 is 0 Å². The molecule has 0 atom stereocenters. The Morgan fingerprint density at radius 1 is 0.968 bits per heavy atom. The average molecular weight is 414 g/mol. The molecule has 0 bridgehead atoms. The molecule has 2 heterocycles. The maximum Gasteiger partial charge on any atom is 0.255 e. The molecule has 0 saturated heterocycles. The van der Waals surface area contributed by atoms with E-state index >= 15 is 0 Å². The third-order valence-corrected chi connectivity index (χ3v) is 5.21. The van der Waals surface area contributed by atoms with E-state index in [4.69, 9.17) is 5.10 Å². The van der Waals surface area contributed by atoms with Crippen LogP contribution in [0.1, 0.15) is 33.5 Å². The van der Waals surface area contributed by atoms with Crippen molar-refractivity contribution in [2.45, 2.75) is 33.4 Å². The predicted octanol–water partition coefficient (Wildman–Crippen LogP) is 4.23. The molecule has 0 aliphatic rings. The van der Waals surface area contributed by atoms with Gasteiger partial charge in [0.1, 0.15) is 5.69 Å². The molecule has 0 saturated carbocycles. The molecule has 0 spiro atoms. The summed E-state index contributed by atoms with van der Waals surface area (Å²) in [5.41, 5.74) is 5.78. The number of aromatic nitrogens is 4. The van der Waals surface area contributed by atoms with Crippen molar-refractivity contribution in [3.05, 3.63) is 95.4 Å². The number of carbonyl (C=O) groups is 1. The van der Waals surface area contributed by atoms with Crippen LogP contribution in [0.5, 0.6) is 0 Å². The third-order valence-electron chi connectivity index (χ3n) is 5.21. The minimum Gasteiger partial charge on any atom is -0.352 e. The molecule has 4 rings (SSSR count). The van der Waals surface area contributed by atoms with Gasteiger partial charge in [0.25, 0.3) is 5.91 Å². The predicted molar refractivity (Wildman–Crippen MR) is 122 cm³/mol. The summed E-state index contributed by atoms with van der Waals surface area (Å²) >= 11 is 0. The largest absolute Gasteiger partial charge is 0.352 e. The first kappa shape index (κ1) is 20.6. The molecule has 0 aliphatic heterocycles. The Morgan fingerprint density at radius 2 is 1.68 bits per heavy atom. The van der Waals surface area contributed by atoms with E-state index in [0.29, 0.717) is 24.3 Å². The Kier molecular flexibility index (Phi) is 6.26. The molecule has 0 radical (unpaired) electrons. The highest BCUT2D eigenvalue weighted by Crippen LogP contribution is 2.23. The average Bonchev–Trinajstić information content (AvgIpc) is 3.43. The number of nitrogens with zero attached hydrogens (tertiary/aromatic N) is 4. The summed E-state index contributed by atoms with van der Waals surface area (Å²) in [6.45, 7) is 6.08. The van der Waals surface area contributed by atoms with Gasteiger partial charge in [-0.2, -0.15) is 10.2 Å². The molecule has 0 fully saturated rings. The second-order valence-electron chi connectivity index (χ2n) is 7.82. The van der Waals surface area contributed by atoms with Crippen LogP contribution in [0.3, 0.4) is 0 Å². The van der Waals surface area contributed by atoms with Crippen molar-refractivity contribution < 1.29 is 4.79 Å². The topological polar surface area (TPSA) is 64.7 Å². The van der Waals surface area contributed by atoms with Crippen LogP contribution in [-0.2, 0) is 13.1 Å². The van der Waals surface area contributed by atoms with Crippen molar-refractivity contribution in [3.8, 4) is 11.3 Å².